The standard InChI is InChI=1S/C25H26N2O2S/c1-2-29-23-11-7-6-10-21(23)17-26-25(28)20-12-13-24-22(16-20)27(14-15-30-24)18-19-8-4-3-5-9-19/h3-13,16H,2,14-15,17-18H2,1H3,(H,26,28). The predicted octanol–water partition coefficient (Wildman–Crippen LogP) is 5.13. The van der Waals surface area contributed by atoms with E-state index in [1.165, 1.54) is 10.5 Å². The molecule has 1 aliphatic rings. The molecule has 1 aliphatic heterocycles. The lowest BCUT2D eigenvalue weighted by atomic mass is 10.1. The van der Waals surface area contributed by atoms with E-state index in [4.69, 9.17) is 4.74 Å². The van der Waals surface area contributed by atoms with Crippen molar-refractivity contribution in [2.45, 2.75) is 24.9 Å². The number of anilines is 1. The van der Waals surface area contributed by atoms with Crippen LogP contribution in [-0.4, -0.2) is 24.8 Å². The Morgan fingerprint density at radius 2 is 1.87 bits per heavy atom. The van der Waals surface area contributed by atoms with Crippen molar-refractivity contribution >= 4 is 23.4 Å². The van der Waals surface area contributed by atoms with Crippen LogP contribution in [-0.2, 0) is 13.1 Å². The van der Waals surface area contributed by atoms with Crippen LogP contribution >= 0.6 is 11.8 Å². The maximum Gasteiger partial charge on any atom is 0.251 e. The van der Waals surface area contributed by atoms with Gasteiger partial charge in [0.15, 0.2) is 0 Å². The Morgan fingerprint density at radius 1 is 1.07 bits per heavy atom. The zero-order valence-electron chi connectivity index (χ0n) is 17.1. The number of thioether (sulfide) groups is 1. The van der Waals surface area contributed by atoms with Crippen molar-refractivity contribution in [3.8, 4) is 5.75 Å². The SMILES string of the molecule is CCOc1ccccc1CNC(=O)c1ccc2c(c1)N(Cc1ccccc1)CCS2. The van der Waals surface area contributed by atoms with E-state index in [1.807, 2.05) is 61.2 Å². The molecule has 154 valence electrons. The van der Waals surface area contributed by atoms with Crippen LogP contribution in [0.5, 0.6) is 5.75 Å². The van der Waals surface area contributed by atoms with Gasteiger partial charge in [-0.25, -0.2) is 0 Å². The molecule has 4 nitrogen and oxygen atoms in total. The number of hydrogen-bond donors (Lipinski definition) is 1. The average molecular weight is 419 g/mol. The summed E-state index contributed by atoms with van der Waals surface area (Å²) in [6.07, 6.45) is 0. The number of hydrogen-bond acceptors (Lipinski definition) is 4. The highest BCUT2D eigenvalue weighted by Crippen LogP contribution is 2.36. The van der Waals surface area contributed by atoms with Crippen molar-refractivity contribution < 1.29 is 9.53 Å². The zero-order valence-corrected chi connectivity index (χ0v) is 18.0. The van der Waals surface area contributed by atoms with E-state index in [-0.39, 0.29) is 5.91 Å². The van der Waals surface area contributed by atoms with Gasteiger partial charge < -0.3 is 15.0 Å². The molecule has 0 aromatic heterocycles. The first kappa shape index (κ1) is 20.4. The van der Waals surface area contributed by atoms with Gasteiger partial charge in [0.1, 0.15) is 5.75 Å². The molecule has 0 spiro atoms. The second-order valence-corrected chi connectivity index (χ2v) is 8.30. The van der Waals surface area contributed by atoms with Crippen molar-refractivity contribution in [2.24, 2.45) is 0 Å². The smallest absolute Gasteiger partial charge is 0.251 e. The van der Waals surface area contributed by atoms with Crippen molar-refractivity contribution in [3.05, 3.63) is 89.5 Å². The molecular formula is C25H26N2O2S. The number of fused-ring (bicyclic) bond motifs is 1. The zero-order chi connectivity index (χ0) is 20.8. The Morgan fingerprint density at radius 3 is 2.70 bits per heavy atom. The summed E-state index contributed by atoms with van der Waals surface area (Å²) >= 11 is 1.85. The predicted molar refractivity (Wildman–Crippen MR) is 123 cm³/mol. The molecule has 1 amide bonds. The van der Waals surface area contributed by atoms with Gasteiger partial charge in [0.05, 0.1) is 12.3 Å². The minimum atomic E-state index is -0.0701. The topological polar surface area (TPSA) is 41.6 Å². The van der Waals surface area contributed by atoms with Crippen LogP contribution in [0.4, 0.5) is 5.69 Å². The van der Waals surface area contributed by atoms with Gasteiger partial charge in [-0.2, -0.15) is 0 Å². The van der Waals surface area contributed by atoms with E-state index < -0.39 is 0 Å². The van der Waals surface area contributed by atoms with E-state index in [2.05, 4.69) is 40.5 Å². The lowest BCUT2D eigenvalue weighted by Crippen LogP contribution is -2.29. The molecule has 0 radical (unpaired) electrons. The van der Waals surface area contributed by atoms with Crippen molar-refractivity contribution in [3.63, 3.8) is 0 Å². The molecule has 1 N–H and O–H groups in total. The third-order valence-corrected chi connectivity index (χ3v) is 6.15. The van der Waals surface area contributed by atoms with E-state index in [9.17, 15) is 4.79 Å². The molecule has 0 atom stereocenters. The number of carbonyl (C=O) groups excluding carboxylic acids is 1. The van der Waals surface area contributed by atoms with Crippen molar-refractivity contribution in [2.75, 3.05) is 23.8 Å². The molecule has 5 heteroatoms. The monoisotopic (exact) mass is 418 g/mol. The van der Waals surface area contributed by atoms with E-state index in [0.717, 1.165) is 35.8 Å². The third-order valence-electron chi connectivity index (χ3n) is 5.11. The van der Waals surface area contributed by atoms with Gasteiger partial charge in [0.2, 0.25) is 0 Å². The number of rotatable bonds is 7. The maximum absolute atomic E-state index is 12.9. The van der Waals surface area contributed by atoms with Gasteiger partial charge in [0, 0.05) is 41.4 Å². The Kier molecular flexibility index (Phi) is 6.60. The quantitative estimate of drug-likeness (QED) is 0.578. The van der Waals surface area contributed by atoms with Crippen LogP contribution in [0.2, 0.25) is 0 Å². The molecule has 0 saturated heterocycles. The molecule has 0 saturated carbocycles. The number of benzene rings is 3. The van der Waals surface area contributed by atoms with E-state index >= 15 is 0 Å². The van der Waals surface area contributed by atoms with Crippen molar-refractivity contribution in [1.82, 2.24) is 5.32 Å². The fourth-order valence-electron chi connectivity index (χ4n) is 3.61. The highest BCUT2D eigenvalue weighted by Gasteiger charge is 2.19. The average Bonchev–Trinajstić information content (AvgIpc) is 2.79. The Labute approximate surface area is 182 Å². The molecule has 1 heterocycles. The Bertz CT molecular complexity index is 1010. The summed E-state index contributed by atoms with van der Waals surface area (Å²) in [5.74, 6) is 1.80. The first-order valence-electron chi connectivity index (χ1n) is 10.3. The first-order valence-corrected chi connectivity index (χ1v) is 11.3. The van der Waals surface area contributed by atoms with Gasteiger partial charge in [-0.05, 0) is 36.8 Å². The molecule has 4 rings (SSSR count). The highest BCUT2D eigenvalue weighted by atomic mass is 32.2. The van der Waals surface area contributed by atoms with Gasteiger partial charge in [-0.1, -0.05) is 48.5 Å². The number of carbonyl (C=O) groups is 1. The second kappa shape index (κ2) is 9.72. The summed E-state index contributed by atoms with van der Waals surface area (Å²) in [5.41, 5.74) is 4.07. The minimum Gasteiger partial charge on any atom is -0.494 e. The Hall–Kier alpha value is -2.92. The van der Waals surface area contributed by atoms with Crippen LogP contribution in [0, 0.1) is 0 Å². The number of ether oxygens (including phenoxy) is 1. The molecular weight excluding hydrogens is 392 g/mol. The van der Waals surface area contributed by atoms with Crippen LogP contribution in [0.1, 0.15) is 28.4 Å². The van der Waals surface area contributed by atoms with Gasteiger partial charge >= 0.3 is 0 Å². The number of nitrogens with zero attached hydrogens (tertiary/aromatic N) is 1. The Balaban J connectivity index is 1.49. The van der Waals surface area contributed by atoms with E-state index in [1.54, 1.807) is 0 Å². The molecule has 3 aromatic rings. The largest absolute Gasteiger partial charge is 0.494 e. The lowest BCUT2D eigenvalue weighted by molar-refractivity contribution is 0.0950. The normalized spacial score (nSPS) is 12.9. The first-order chi connectivity index (χ1) is 14.7. The number of para-hydroxylation sites is 1. The van der Waals surface area contributed by atoms with E-state index in [0.29, 0.717) is 18.7 Å². The summed E-state index contributed by atoms with van der Waals surface area (Å²) < 4.78 is 5.66. The molecule has 0 fully saturated rings. The summed E-state index contributed by atoms with van der Waals surface area (Å²) in [5, 5.41) is 3.04. The van der Waals surface area contributed by atoms with Gasteiger partial charge in [-0.3, -0.25) is 4.79 Å². The molecule has 3 aromatic carbocycles. The molecule has 0 bridgehead atoms. The van der Waals surface area contributed by atoms with Gasteiger partial charge in [-0.15, -0.1) is 11.8 Å². The van der Waals surface area contributed by atoms with Crippen molar-refractivity contribution in [1.29, 1.82) is 0 Å². The van der Waals surface area contributed by atoms with Gasteiger partial charge in [0.25, 0.3) is 5.91 Å². The number of amides is 1. The lowest BCUT2D eigenvalue weighted by Gasteiger charge is -2.31. The second-order valence-electron chi connectivity index (χ2n) is 7.16. The van der Waals surface area contributed by atoms with Crippen LogP contribution in [0.3, 0.4) is 0 Å². The fraction of sp³-hybridized carbons (Fsp3) is 0.240. The highest BCUT2D eigenvalue weighted by molar-refractivity contribution is 7.99. The van der Waals surface area contributed by atoms with Crippen LogP contribution < -0.4 is 15.0 Å². The summed E-state index contributed by atoms with van der Waals surface area (Å²) in [6.45, 7) is 4.82. The molecule has 30 heavy (non-hydrogen) atoms. The molecule has 0 unspecified atom stereocenters. The number of nitrogens with one attached hydrogen (secondary N) is 1. The molecule has 0 aliphatic carbocycles. The maximum atomic E-state index is 12.9. The van der Waals surface area contributed by atoms with Crippen LogP contribution in [0.25, 0.3) is 0 Å². The summed E-state index contributed by atoms with van der Waals surface area (Å²) in [6, 6.07) is 24.3. The third kappa shape index (κ3) is 4.79. The summed E-state index contributed by atoms with van der Waals surface area (Å²) in [4.78, 5) is 16.5. The van der Waals surface area contributed by atoms with Crippen LogP contribution in [0.15, 0.2) is 77.7 Å². The fourth-order valence-corrected chi connectivity index (χ4v) is 4.64. The summed E-state index contributed by atoms with van der Waals surface area (Å²) in [7, 11) is 0. The minimum absolute atomic E-state index is 0.0701.